The van der Waals surface area contributed by atoms with Gasteiger partial charge in [0.1, 0.15) is 0 Å². The van der Waals surface area contributed by atoms with Crippen LogP contribution in [0.3, 0.4) is 0 Å². The number of aliphatic hydroxyl groups excluding tert-OH is 1. The monoisotopic (exact) mass is 180 g/mol. The number of hydrogen-bond acceptors (Lipinski definition) is 1. The molecule has 1 N–H and O–H groups in total. The van der Waals surface area contributed by atoms with E-state index in [1.54, 1.807) is 0 Å². The lowest BCUT2D eigenvalue weighted by molar-refractivity contribution is 0.317. The fourth-order valence-corrected chi connectivity index (χ4v) is 1.73. The zero-order valence-corrected chi connectivity index (χ0v) is 9.31. The van der Waals surface area contributed by atoms with Crippen molar-refractivity contribution >= 4 is 0 Å². The molecule has 74 valence electrons. The molecule has 0 radical (unpaired) electrons. The summed E-state index contributed by atoms with van der Waals surface area (Å²) in [5, 5.41) is 9.66. The molecular formula is C12H20O. The molecule has 0 aromatic rings. The summed E-state index contributed by atoms with van der Waals surface area (Å²) in [6.45, 7) is 10.7. The molecule has 0 aromatic carbocycles. The molecule has 1 aliphatic rings. The van der Waals surface area contributed by atoms with E-state index in [0.29, 0.717) is 11.7 Å². The molecule has 0 spiro atoms. The van der Waals surface area contributed by atoms with Gasteiger partial charge in [-0.3, -0.25) is 0 Å². The van der Waals surface area contributed by atoms with E-state index in [-0.39, 0.29) is 5.41 Å². The molecule has 0 saturated heterocycles. The first-order chi connectivity index (χ1) is 5.82. The second-order valence-electron chi connectivity index (χ2n) is 5.09. The van der Waals surface area contributed by atoms with Gasteiger partial charge in [-0.1, -0.05) is 39.3 Å². The predicted octanol–water partition coefficient (Wildman–Crippen LogP) is 3.83. The van der Waals surface area contributed by atoms with E-state index in [2.05, 4.69) is 33.8 Å². The van der Waals surface area contributed by atoms with Crippen molar-refractivity contribution in [3.05, 3.63) is 23.0 Å². The van der Waals surface area contributed by atoms with Gasteiger partial charge in [0.05, 0.1) is 5.76 Å². The predicted molar refractivity (Wildman–Crippen MR) is 56.6 cm³/mol. The van der Waals surface area contributed by atoms with Crippen LogP contribution in [0.5, 0.6) is 0 Å². The van der Waals surface area contributed by atoms with E-state index in [0.717, 1.165) is 12.0 Å². The highest BCUT2D eigenvalue weighted by molar-refractivity contribution is 5.32. The molecule has 1 nitrogen and oxygen atoms in total. The van der Waals surface area contributed by atoms with Crippen LogP contribution in [0.4, 0.5) is 0 Å². The maximum Gasteiger partial charge on any atom is 0.0982 e. The zero-order chi connectivity index (χ0) is 10.2. The van der Waals surface area contributed by atoms with E-state index >= 15 is 0 Å². The Bertz CT molecular complexity index is 263. The quantitative estimate of drug-likeness (QED) is 0.600. The molecule has 1 aliphatic carbocycles. The van der Waals surface area contributed by atoms with Crippen molar-refractivity contribution in [2.45, 2.75) is 41.0 Å². The summed E-state index contributed by atoms with van der Waals surface area (Å²) in [4.78, 5) is 0. The van der Waals surface area contributed by atoms with Crippen LogP contribution in [0, 0.1) is 11.3 Å². The van der Waals surface area contributed by atoms with Crippen LogP contribution in [-0.4, -0.2) is 5.11 Å². The summed E-state index contributed by atoms with van der Waals surface area (Å²) in [7, 11) is 0. The lowest BCUT2D eigenvalue weighted by Gasteiger charge is -2.29. The van der Waals surface area contributed by atoms with Crippen LogP contribution in [0.25, 0.3) is 0 Å². The first-order valence-corrected chi connectivity index (χ1v) is 4.93. The molecule has 1 heteroatoms. The highest BCUT2D eigenvalue weighted by Crippen LogP contribution is 2.37. The fourth-order valence-electron chi connectivity index (χ4n) is 1.73. The van der Waals surface area contributed by atoms with Gasteiger partial charge >= 0.3 is 0 Å². The van der Waals surface area contributed by atoms with Gasteiger partial charge in [-0.25, -0.2) is 0 Å². The molecule has 0 bridgehead atoms. The summed E-state index contributed by atoms with van der Waals surface area (Å²) in [5.41, 5.74) is 2.70. The topological polar surface area (TPSA) is 20.2 Å². The first kappa shape index (κ1) is 10.4. The minimum atomic E-state index is 0.232. The zero-order valence-electron chi connectivity index (χ0n) is 9.31. The first-order valence-electron chi connectivity index (χ1n) is 4.93. The average molecular weight is 180 g/mol. The number of aliphatic hydroxyl groups is 1. The normalized spacial score (nSPS) is 24.7. The van der Waals surface area contributed by atoms with Crippen LogP contribution in [-0.2, 0) is 0 Å². The lowest BCUT2D eigenvalue weighted by atomic mass is 9.77. The van der Waals surface area contributed by atoms with E-state index in [1.165, 1.54) is 5.57 Å². The van der Waals surface area contributed by atoms with Crippen molar-refractivity contribution in [2.24, 2.45) is 11.3 Å². The SMILES string of the molecule is CC1=C(O)C(C)CC(C(C)(C)C)=C1. The second kappa shape index (κ2) is 3.21. The summed E-state index contributed by atoms with van der Waals surface area (Å²) < 4.78 is 0. The Morgan fingerprint density at radius 1 is 1.38 bits per heavy atom. The average Bonchev–Trinajstić information content (AvgIpc) is 1.97. The molecule has 13 heavy (non-hydrogen) atoms. The highest BCUT2D eigenvalue weighted by atomic mass is 16.3. The molecule has 0 saturated carbocycles. The smallest absolute Gasteiger partial charge is 0.0982 e. The Hall–Kier alpha value is -0.720. The molecule has 0 aliphatic heterocycles. The van der Waals surface area contributed by atoms with E-state index < -0.39 is 0 Å². The number of hydrogen-bond donors (Lipinski definition) is 1. The Labute approximate surface area is 81.2 Å². The fraction of sp³-hybridized carbons (Fsp3) is 0.667. The van der Waals surface area contributed by atoms with Gasteiger partial charge in [0.25, 0.3) is 0 Å². The third kappa shape index (κ3) is 2.15. The number of rotatable bonds is 0. The number of allylic oxidation sites excluding steroid dienone is 4. The Morgan fingerprint density at radius 3 is 2.31 bits per heavy atom. The highest BCUT2D eigenvalue weighted by Gasteiger charge is 2.24. The van der Waals surface area contributed by atoms with Crippen LogP contribution in [0.1, 0.15) is 41.0 Å². The Balaban J connectivity index is 3.00. The summed E-state index contributed by atoms with van der Waals surface area (Å²) in [6, 6.07) is 0. The van der Waals surface area contributed by atoms with Gasteiger partial charge in [-0.15, -0.1) is 0 Å². The third-order valence-corrected chi connectivity index (χ3v) is 2.75. The molecular weight excluding hydrogens is 160 g/mol. The summed E-state index contributed by atoms with van der Waals surface area (Å²) in [5.74, 6) is 0.854. The lowest BCUT2D eigenvalue weighted by Crippen LogP contribution is -2.17. The molecule has 1 rings (SSSR count). The van der Waals surface area contributed by atoms with Crippen LogP contribution >= 0.6 is 0 Å². The van der Waals surface area contributed by atoms with Gasteiger partial charge in [0.15, 0.2) is 0 Å². The van der Waals surface area contributed by atoms with Gasteiger partial charge < -0.3 is 5.11 Å². The minimum Gasteiger partial charge on any atom is -0.512 e. The standard InChI is InChI=1S/C12H20O/c1-8-6-10(12(3,4)5)7-9(2)11(8)13/h6,9,13H,7H2,1-5H3. The molecule has 0 amide bonds. The van der Waals surface area contributed by atoms with Crippen LogP contribution in [0.2, 0.25) is 0 Å². The summed E-state index contributed by atoms with van der Waals surface area (Å²) >= 11 is 0. The van der Waals surface area contributed by atoms with E-state index in [9.17, 15) is 5.11 Å². The van der Waals surface area contributed by atoms with Gasteiger partial charge in [-0.2, -0.15) is 0 Å². The van der Waals surface area contributed by atoms with Gasteiger partial charge in [0.2, 0.25) is 0 Å². The summed E-state index contributed by atoms with van der Waals surface area (Å²) in [6.07, 6.45) is 3.13. The maximum absolute atomic E-state index is 9.66. The van der Waals surface area contributed by atoms with Crippen molar-refractivity contribution in [3.63, 3.8) is 0 Å². The maximum atomic E-state index is 9.66. The largest absolute Gasteiger partial charge is 0.512 e. The van der Waals surface area contributed by atoms with E-state index in [4.69, 9.17) is 0 Å². The van der Waals surface area contributed by atoms with E-state index in [1.807, 2.05) is 6.92 Å². The molecule has 1 atom stereocenters. The van der Waals surface area contributed by atoms with Crippen molar-refractivity contribution in [1.29, 1.82) is 0 Å². The molecule has 0 fully saturated rings. The van der Waals surface area contributed by atoms with Crippen molar-refractivity contribution < 1.29 is 5.11 Å². The second-order valence-corrected chi connectivity index (χ2v) is 5.09. The molecule has 1 unspecified atom stereocenters. The van der Waals surface area contributed by atoms with Crippen molar-refractivity contribution in [3.8, 4) is 0 Å². The minimum absolute atomic E-state index is 0.232. The van der Waals surface area contributed by atoms with Gasteiger partial charge in [0, 0.05) is 5.92 Å². The van der Waals surface area contributed by atoms with Gasteiger partial charge in [-0.05, 0) is 24.3 Å². The molecule has 0 heterocycles. The van der Waals surface area contributed by atoms with Crippen molar-refractivity contribution in [1.82, 2.24) is 0 Å². The third-order valence-electron chi connectivity index (χ3n) is 2.75. The Kier molecular flexibility index (Phi) is 2.56. The van der Waals surface area contributed by atoms with Crippen molar-refractivity contribution in [2.75, 3.05) is 0 Å². The Morgan fingerprint density at radius 2 is 1.92 bits per heavy atom. The van der Waals surface area contributed by atoms with Crippen LogP contribution < -0.4 is 0 Å². The molecule has 0 aromatic heterocycles. The van der Waals surface area contributed by atoms with Crippen LogP contribution in [0.15, 0.2) is 23.0 Å².